The third-order valence-electron chi connectivity index (χ3n) is 4.64. The van der Waals surface area contributed by atoms with Crippen LogP contribution in [-0.2, 0) is 9.53 Å². The molecule has 0 bridgehead atoms. The zero-order valence-electron chi connectivity index (χ0n) is 14.4. The van der Waals surface area contributed by atoms with Crippen molar-refractivity contribution in [1.29, 1.82) is 0 Å². The van der Waals surface area contributed by atoms with Crippen LogP contribution in [0.4, 0.5) is 4.39 Å². The van der Waals surface area contributed by atoms with Crippen LogP contribution in [0.15, 0.2) is 28.2 Å². The smallest absolute Gasteiger partial charge is 0.254 e. The van der Waals surface area contributed by atoms with Crippen LogP contribution >= 0.6 is 0 Å². The maximum Gasteiger partial charge on any atom is 0.254 e. The summed E-state index contributed by atoms with van der Waals surface area (Å²) in [5.74, 6) is 0.803. The van der Waals surface area contributed by atoms with E-state index < -0.39 is 0 Å². The van der Waals surface area contributed by atoms with Crippen LogP contribution in [0, 0.1) is 12.7 Å². The van der Waals surface area contributed by atoms with E-state index in [1.807, 2.05) is 0 Å². The summed E-state index contributed by atoms with van der Waals surface area (Å²) in [5, 5.41) is 7.91. The Balaban J connectivity index is 1.63. The van der Waals surface area contributed by atoms with Gasteiger partial charge in [-0.05, 0) is 24.3 Å². The largest absolute Gasteiger partial charge is 0.488 e. The second-order valence-electron chi connectivity index (χ2n) is 6.37. The van der Waals surface area contributed by atoms with E-state index in [0.29, 0.717) is 41.6 Å². The van der Waals surface area contributed by atoms with Gasteiger partial charge in [-0.3, -0.25) is 4.79 Å². The predicted octanol–water partition coefficient (Wildman–Crippen LogP) is 2.28. The number of benzene rings is 1. The van der Waals surface area contributed by atoms with E-state index in [0.717, 1.165) is 0 Å². The molecule has 4 rings (SSSR count). The fourth-order valence-electron chi connectivity index (χ4n) is 3.33. The van der Waals surface area contributed by atoms with Crippen LogP contribution in [-0.4, -0.2) is 47.4 Å². The SMILES string of the molecule is CO[C@H]1C[C@H](c2nnc(C)o2)N(C(=O)C2=Cc3cc(F)ccc3OC2)C1. The number of fused-ring (bicyclic) bond motifs is 1. The molecule has 0 aliphatic carbocycles. The lowest BCUT2D eigenvalue weighted by Gasteiger charge is -2.25. The summed E-state index contributed by atoms with van der Waals surface area (Å²) in [7, 11) is 1.61. The molecule has 7 nitrogen and oxygen atoms in total. The van der Waals surface area contributed by atoms with Crippen LogP contribution in [0.3, 0.4) is 0 Å². The van der Waals surface area contributed by atoms with E-state index in [2.05, 4.69) is 10.2 Å². The Hall–Kier alpha value is -2.74. The molecule has 1 saturated heterocycles. The lowest BCUT2D eigenvalue weighted by molar-refractivity contribution is -0.129. The molecular formula is C18H18FN3O4. The van der Waals surface area contributed by atoms with Crippen molar-refractivity contribution in [2.45, 2.75) is 25.5 Å². The molecular weight excluding hydrogens is 341 g/mol. The molecule has 1 aromatic carbocycles. The molecule has 3 heterocycles. The fourth-order valence-corrected chi connectivity index (χ4v) is 3.33. The number of rotatable bonds is 3. The summed E-state index contributed by atoms with van der Waals surface area (Å²) < 4.78 is 30.0. The molecule has 2 aromatic rings. The first-order chi connectivity index (χ1) is 12.5. The molecule has 0 N–H and O–H groups in total. The third kappa shape index (κ3) is 2.96. The third-order valence-corrected chi connectivity index (χ3v) is 4.64. The fraction of sp³-hybridized carbons (Fsp3) is 0.389. The first kappa shape index (κ1) is 16.7. The second-order valence-corrected chi connectivity index (χ2v) is 6.37. The van der Waals surface area contributed by atoms with E-state index in [1.54, 1.807) is 31.1 Å². The average Bonchev–Trinajstić information content (AvgIpc) is 3.26. The van der Waals surface area contributed by atoms with Gasteiger partial charge in [0, 0.05) is 32.6 Å². The molecule has 0 unspecified atom stereocenters. The highest BCUT2D eigenvalue weighted by atomic mass is 19.1. The lowest BCUT2D eigenvalue weighted by Crippen LogP contribution is -2.35. The lowest BCUT2D eigenvalue weighted by atomic mass is 10.1. The van der Waals surface area contributed by atoms with Crippen LogP contribution in [0.5, 0.6) is 5.75 Å². The summed E-state index contributed by atoms with van der Waals surface area (Å²) in [4.78, 5) is 14.7. The number of hydrogen-bond acceptors (Lipinski definition) is 6. The van der Waals surface area contributed by atoms with Gasteiger partial charge in [0.05, 0.1) is 11.7 Å². The van der Waals surface area contributed by atoms with Gasteiger partial charge >= 0.3 is 0 Å². The van der Waals surface area contributed by atoms with Gasteiger partial charge in [0.25, 0.3) is 5.91 Å². The minimum Gasteiger partial charge on any atom is -0.488 e. The first-order valence-corrected chi connectivity index (χ1v) is 8.32. The summed E-state index contributed by atoms with van der Waals surface area (Å²) in [6, 6.07) is 3.88. The number of carbonyl (C=O) groups excluding carboxylic acids is 1. The van der Waals surface area contributed by atoms with E-state index >= 15 is 0 Å². The molecule has 2 aliphatic heterocycles. The number of hydrogen-bond donors (Lipinski definition) is 0. The zero-order chi connectivity index (χ0) is 18.3. The maximum atomic E-state index is 13.5. The number of amides is 1. The van der Waals surface area contributed by atoms with Crippen molar-refractivity contribution >= 4 is 12.0 Å². The molecule has 0 saturated carbocycles. The Morgan fingerprint density at radius 2 is 2.23 bits per heavy atom. The van der Waals surface area contributed by atoms with Gasteiger partial charge < -0.3 is 18.8 Å². The highest BCUT2D eigenvalue weighted by molar-refractivity contribution is 5.99. The van der Waals surface area contributed by atoms with Gasteiger partial charge in [-0.25, -0.2) is 4.39 Å². The molecule has 1 amide bonds. The number of nitrogens with zero attached hydrogens (tertiary/aromatic N) is 3. The summed E-state index contributed by atoms with van der Waals surface area (Å²) in [6.07, 6.45) is 2.12. The normalized spacial score (nSPS) is 22.0. The Labute approximate surface area is 149 Å². The van der Waals surface area contributed by atoms with E-state index in [9.17, 15) is 9.18 Å². The molecule has 1 aromatic heterocycles. The summed E-state index contributed by atoms with van der Waals surface area (Å²) in [6.45, 7) is 2.24. The number of aryl methyl sites for hydroxylation is 1. The maximum absolute atomic E-state index is 13.5. The van der Waals surface area contributed by atoms with Crippen molar-refractivity contribution < 1.29 is 23.1 Å². The number of likely N-dealkylation sites (tertiary alicyclic amines) is 1. The van der Waals surface area contributed by atoms with Gasteiger partial charge in [0.2, 0.25) is 11.8 Å². The van der Waals surface area contributed by atoms with Crippen molar-refractivity contribution in [3.05, 3.63) is 46.9 Å². The van der Waals surface area contributed by atoms with Crippen LogP contribution in [0.2, 0.25) is 0 Å². The van der Waals surface area contributed by atoms with Gasteiger partial charge in [-0.15, -0.1) is 10.2 Å². The first-order valence-electron chi connectivity index (χ1n) is 8.32. The number of ether oxygens (including phenoxy) is 2. The molecule has 0 spiro atoms. The minimum absolute atomic E-state index is 0.119. The van der Waals surface area contributed by atoms with Crippen molar-refractivity contribution in [2.24, 2.45) is 0 Å². The van der Waals surface area contributed by atoms with Crippen molar-refractivity contribution in [3.63, 3.8) is 0 Å². The quantitative estimate of drug-likeness (QED) is 0.837. The van der Waals surface area contributed by atoms with Gasteiger partial charge in [-0.1, -0.05) is 0 Å². The van der Waals surface area contributed by atoms with Crippen LogP contribution < -0.4 is 4.74 Å². The topological polar surface area (TPSA) is 77.7 Å². The Morgan fingerprint density at radius 3 is 2.96 bits per heavy atom. The summed E-state index contributed by atoms with van der Waals surface area (Å²) in [5.41, 5.74) is 0.994. The number of aromatic nitrogens is 2. The number of carbonyl (C=O) groups is 1. The molecule has 0 radical (unpaired) electrons. The molecule has 8 heteroatoms. The molecule has 2 aliphatic rings. The Bertz CT molecular complexity index is 879. The molecule has 26 heavy (non-hydrogen) atoms. The van der Waals surface area contributed by atoms with Crippen molar-refractivity contribution in [3.8, 4) is 5.75 Å². The predicted molar refractivity (Wildman–Crippen MR) is 88.8 cm³/mol. The summed E-state index contributed by atoms with van der Waals surface area (Å²) >= 11 is 0. The van der Waals surface area contributed by atoms with E-state index in [-0.39, 0.29) is 30.5 Å². The molecule has 136 valence electrons. The zero-order valence-corrected chi connectivity index (χ0v) is 14.4. The monoisotopic (exact) mass is 359 g/mol. The Morgan fingerprint density at radius 1 is 1.38 bits per heavy atom. The van der Waals surface area contributed by atoms with Crippen molar-refractivity contribution in [1.82, 2.24) is 15.1 Å². The van der Waals surface area contributed by atoms with E-state index in [1.165, 1.54) is 12.1 Å². The highest BCUT2D eigenvalue weighted by Gasteiger charge is 2.40. The number of methoxy groups -OCH3 is 1. The second kappa shape index (κ2) is 6.53. The van der Waals surface area contributed by atoms with Crippen molar-refractivity contribution in [2.75, 3.05) is 20.3 Å². The van der Waals surface area contributed by atoms with E-state index in [4.69, 9.17) is 13.9 Å². The Kier molecular flexibility index (Phi) is 4.20. The van der Waals surface area contributed by atoms with Crippen LogP contribution in [0.1, 0.15) is 29.8 Å². The van der Waals surface area contributed by atoms with Crippen LogP contribution in [0.25, 0.3) is 6.08 Å². The van der Waals surface area contributed by atoms with Gasteiger partial charge in [0.15, 0.2) is 0 Å². The standard InChI is InChI=1S/C18H18FN3O4/c1-10-20-21-17(26-10)15-7-14(24-2)8-22(15)18(23)12-5-11-6-13(19)3-4-16(11)25-9-12/h3-6,14-15H,7-9H2,1-2H3/t14-,15+/m0/s1. The molecule has 1 fully saturated rings. The van der Waals surface area contributed by atoms with Gasteiger partial charge in [0.1, 0.15) is 24.2 Å². The average molecular weight is 359 g/mol. The highest BCUT2D eigenvalue weighted by Crippen LogP contribution is 2.35. The van der Waals surface area contributed by atoms with Gasteiger partial charge in [-0.2, -0.15) is 0 Å². The minimum atomic E-state index is -0.378. The molecule has 2 atom stereocenters. The number of halogens is 1.